The average molecular weight is 311 g/mol. The molecule has 6 nitrogen and oxygen atoms in total. The summed E-state index contributed by atoms with van der Waals surface area (Å²) >= 11 is 6.07. The first-order valence-electron chi connectivity index (χ1n) is 6.13. The van der Waals surface area contributed by atoms with E-state index in [4.69, 9.17) is 25.6 Å². The standard InChI is InChI=1S/C14H15ClN2O4/c1-7-13(8(2)21-17-7)14(18)16-10-5-9(15)11(19-3)6-12(10)20-4/h5-6H,1-4H3,(H,16,18). The van der Waals surface area contributed by atoms with E-state index in [0.29, 0.717) is 39.2 Å². The van der Waals surface area contributed by atoms with Gasteiger partial charge in [-0.05, 0) is 19.9 Å². The molecular weight excluding hydrogens is 296 g/mol. The largest absolute Gasteiger partial charge is 0.495 e. The normalized spacial score (nSPS) is 10.3. The molecule has 21 heavy (non-hydrogen) atoms. The summed E-state index contributed by atoms with van der Waals surface area (Å²) in [6.45, 7) is 3.37. The molecule has 1 aromatic heterocycles. The van der Waals surface area contributed by atoms with Crippen molar-refractivity contribution in [1.82, 2.24) is 5.16 Å². The summed E-state index contributed by atoms with van der Waals surface area (Å²) in [5.74, 6) is 1.01. The van der Waals surface area contributed by atoms with Gasteiger partial charge in [0.15, 0.2) is 0 Å². The van der Waals surface area contributed by atoms with Crippen LogP contribution in [0, 0.1) is 13.8 Å². The van der Waals surface area contributed by atoms with E-state index in [-0.39, 0.29) is 5.91 Å². The van der Waals surface area contributed by atoms with Gasteiger partial charge in [-0.1, -0.05) is 16.8 Å². The van der Waals surface area contributed by atoms with Crippen LogP contribution in [-0.2, 0) is 0 Å². The molecule has 1 heterocycles. The number of nitrogens with one attached hydrogen (secondary N) is 1. The highest BCUT2D eigenvalue weighted by Gasteiger charge is 2.19. The lowest BCUT2D eigenvalue weighted by atomic mass is 10.2. The van der Waals surface area contributed by atoms with Gasteiger partial charge in [0.05, 0.1) is 30.6 Å². The molecular formula is C14H15ClN2O4. The molecule has 0 aliphatic heterocycles. The van der Waals surface area contributed by atoms with Crippen molar-refractivity contribution in [2.45, 2.75) is 13.8 Å². The molecule has 1 N–H and O–H groups in total. The molecule has 1 aromatic carbocycles. The summed E-state index contributed by atoms with van der Waals surface area (Å²) in [6, 6.07) is 3.17. The number of aromatic nitrogens is 1. The number of ether oxygens (including phenoxy) is 2. The molecule has 0 unspecified atom stereocenters. The Morgan fingerprint density at radius 1 is 1.24 bits per heavy atom. The number of hydrogen-bond donors (Lipinski definition) is 1. The van der Waals surface area contributed by atoms with Gasteiger partial charge in [-0.3, -0.25) is 4.79 Å². The van der Waals surface area contributed by atoms with Crippen molar-refractivity contribution < 1.29 is 18.8 Å². The zero-order chi connectivity index (χ0) is 15.6. The van der Waals surface area contributed by atoms with Crippen LogP contribution in [0.25, 0.3) is 0 Å². The zero-order valence-corrected chi connectivity index (χ0v) is 12.9. The minimum Gasteiger partial charge on any atom is -0.495 e. The Labute approximate surface area is 127 Å². The number of carbonyl (C=O) groups is 1. The molecule has 0 saturated heterocycles. The monoisotopic (exact) mass is 310 g/mol. The lowest BCUT2D eigenvalue weighted by molar-refractivity contribution is 0.102. The Kier molecular flexibility index (Phi) is 4.37. The molecule has 0 fully saturated rings. The first kappa shape index (κ1) is 15.2. The smallest absolute Gasteiger partial charge is 0.261 e. The average Bonchev–Trinajstić information content (AvgIpc) is 2.78. The molecule has 7 heteroatoms. The summed E-state index contributed by atoms with van der Waals surface area (Å²) in [6.07, 6.45) is 0. The highest BCUT2D eigenvalue weighted by molar-refractivity contribution is 6.32. The van der Waals surface area contributed by atoms with Crippen LogP contribution in [0.15, 0.2) is 16.7 Å². The van der Waals surface area contributed by atoms with E-state index in [1.165, 1.54) is 14.2 Å². The molecule has 0 aliphatic carbocycles. The molecule has 1 amide bonds. The van der Waals surface area contributed by atoms with Gasteiger partial charge in [0, 0.05) is 6.07 Å². The van der Waals surface area contributed by atoms with Crippen molar-refractivity contribution in [3.63, 3.8) is 0 Å². The van der Waals surface area contributed by atoms with Crippen LogP contribution < -0.4 is 14.8 Å². The number of nitrogens with zero attached hydrogens (tertiary/aromatic N) is 1. The van der Waals surface area contributed by atoms with E-state index in [0.717, 1.165) is 0 Å². The third-order valence-electron chi connectivity index (χ3n) is 2.98. The summed E-state index contributed by atoms with van der Waals surface area (Å²) in [7, 11) is 3.00. The van der Waals surface area contributed by atoms with Crippen LogP contribution in [-0.4, -0.2) is 25.3 Å². The predicted molar refractivity (Wildman–Crippen MR) is 78.5 cm³/mol. The Morgan fingerprint density at radius 2 is 1.90 bits per heavy atom. The Morgan fingerprint density at radius 3 is 2.43 bits per heavy atom. The summed E-state index contributed by atoms with van der Waals surface area (Å²) in [5, 5.41) is 6.85. The fourth-order valence-corrected chi connectivity index (χ4v) is 2.19. The lowest BCUT2D eigenvalue weighted by Crippen LogP contribution is -2.14. The summed E-state index contributed by atoms with van der Waals surface area (Å²) < 4.78 is 15.3. The third-order valence-corrected chi connectivity index (χ3v) is 3.28. The fraction of sp³-hybridized carbons (Fsp3) is 0.286. The van der Waals surface area contributed by atoms with Crippen molar-refractivity contribution in [2.75, 3.05) is 19.5 Å². The predicted octanol–water partition coefficient (Wildman–Crippen LogP) is 3.21. The van der Waals surface area contributed by atoms with Crippen LogP contribution >= 0.6 is 11.6 Å². The molecule has 2 rings (SSSR count). The number of carbonyl (C=O) groups excluding carboxylic acids is 1. The Bertz CT molecular complexity index is 662. The third kappa shape index (κ3) is 2.95. The van der Waals surface area contributed by atoms with Gasteiger partial charge in [0.1, 0.15) is 22.8 Å². The minimum absolute atomic E-state index is 0.342. The maximum atomic E-state index is 12.3. The van der Waals surface area contributed by atoms with E-state index in [1.807, 2.05) is 0 Å². The number of halogens is 1. The topological polar surface area (TPSA) is 73.6 Å². The van der Waals surface area contributed by atoms with E-state index in [2.05, 4.69) is 10.5 Å². The number of methoxy groups -OCH3 is 2. The summed E-state index contributed by atoms with van der Waals surface area (Å²) in [4.78, 5) is 12.3. The second kappa shape index (κ2) is 6.05. The summed E-state index contributed by atoms with van der Waals surface area (Å²) in [5.41, 5.74) is 1.35. The van der Waals surface area contributed by atoms with Gasteiger partial charge in [0.2, 0.25) is 0 Å². The van der Waals surface area contributed by atoms with Gasteiger partial charge in [-0.2, -0.15) is 0 Å². The number of amides is 1. The maximum absolute atomic E-state index is 12.3. The number of rotatable bonds is 4. The van der Waals surface area contributed by atoms with Crippen LogP contribution in [0.5, 0.6) is 11.5 Å². The van der Waals surface area contributed by atoms with Crippen molar-refractivity contribution in [3.8, 4) is 11.5 Å². The first-order chi connectivity index (χ1) is 9.97. The van der Waals surface area contributed by atoms with E-state index in [9.17, 15) is 4.79 Å². The Balaban J connectivity index is 2.35. The van der Waals surface area contributed by atoms with Gasteiger partial charge in [-0.15, -0.1) is 0 Å². The van der Waals surface area contributed by atoms with Crippen LogP contribution in [0.1, 0.15) is 21.8 Å². The molecule has 0 bridgehead atoms. The molecule has 0 aliphatic rings. The van der Waals surface area contributed by atoms with Gasteiger partial charge < -0.3 is 19.3 Å². The first-order valence-corrected chi connectivity index (χ1v) is 6.51. The van der Waals surface area contributed by atoms with Crippen molar-refractivity contribution in [3.05, 3.63) is 34.2 Å². The highest BCUT2D eigenvalue weighted by Crippen LogP contribution is 2.36. The van der Waals surface area contributed by atoms with Crippen LogP contribution in [0.2, 0.25) is 5.02 Å². The second-order valence-corrected chi connectivity index (χ2v) is 4.75. The zero-order valence-electron chi connectivity index (χ0n) is 12.1. The molecule has 0 spiro atoms. The van der Waals surface area contributed by atoms with Crippen LogP contribution in [0.4, 0.5) is 5.69 Å². The fourth-order valence-electron chi connectivity index (χ4n) is 1.95. The van der Waals surface area contributed by atoms with Gasteiger partial charge in [-0.25, -0.2) is 0 Å². The van der Waals surface area contributed by atoms with E-state index in [1.54, 1.807) is 26.0 Å². The number of hydrogen-bond acceptors (Lipinski definition) is 5. The van der Waals surface area contributed by atoms with Crippen molar-refractivity contribution in [1.29, 1.82) is 0 Å². The lowest BCUT2D eigenvalue weighted by Gasteiger charge is -2.13. The molecule has 0 saturated carbocycles. The number of benzene rings is 1. The molecule has 112 valence electrons. The number of anilines is 1. The minimum atomic E-state index is -0.342. The SMILES string of the molecule is COc1cc(OC)c(NC(=O)c2c(C)noc2C)cc1Cl. The second-order valence-electron chi connectivity index (χ2n) is 4.34. The molecule has 0 atom stereocenters. The van der Waals surface area contributed by atoms with E-state index >= 15 is 0 Å². The quantitative estimate of drug-likeness (QED) is 0.938. The highest BCUT2D eigenvalue weighted by atomic mass is 35.5. The Hall–Kier alpha value is -2.21. The van der Waals surface area contributed by atoms with Crippen molar-refractivity contribution in [2.24, 2.45) is 0 Å². The van der Waals surface area contributed by atoms with Crippen molar-refractivity contribution >= 4 is 23.2 Å². The molecule has 2 aromatic rings. The van der Waals surface area contributed by atoms with E-state index < -0.39 is 0 Å². The number of aryl methyl sites for hydroxylation is 2. The van der Waals surface area contributed by atoms with Gasteiger partial charge in [0.25, 0.3) is 5.91 Å². The maximum Gasteiger partial charge on any atom is 0.261 e. The van der Waals surface area contributed by atoms with Crippen LogP contribution in [0.3, 0.4) is 0 Å². The van der Waals surface area contributed by atoms with Gasteiger partial charge >= 0.3 is 0 Å². The molecule has 0 radical (unpaired) electrons.